The summed E-state index contributed by atoms with van der Waals surface area (Å²) in [5.41, 5.74) is 5.03. The number of hydrogen-bond donors (Lipinski definition) is 0. The highest BCUT2D eigenvalue weighted by atomic mass is 79.9. The van der Waals surface area contributed by atoms with Crippen LogP contribution in [0, 0.1) is 26.6 Å². The van der Waals surface area contributed by atoms with Crippen molar-refractivity contribution in [3.05, 3.63) is 69.0 Å². The molecule has 0 aliphatic carbocycles. The summed E-state index contributed by atoms with van der Waals surface area (Å²) in [6, 6.07) is 9.24. The van der Waals surface area contributed by atoms with Crippen LogP contribution in [0.15, 0.2) is 30.3 Å². The second-order valence-corrected chi connectivity index (χ2v) is 6.15. The fourth-order valence-electron chi connectivity index (χ4n) is 2.08. The van der Waals surface area contributed by atoms with Gasteiger partial charge in [0.1, 0.15) is 5.82 Å². The number of hydrogen-bond acceptors (Lipinski definition) is 0. The van der Waals surface area contributed by atoms with E-state index in [4.69, 9.17) is 11.6 Å². The first-order chi connectivity index (χ1) is 8.90. The van der Waals surface area contributed by atoms with Crippen LogP contribution in [0.2, 0.25) is 5.02 Å². The number of aryl methyl sites for hydroxylation is 3. The number of benzene rings is 2. The van der Waals surface area contributed by atoms with Gasteiger partial charge in [0, 0.05) is 5.02 Å². The van der Waals surface area contributed by atoms with E-state index in [0.29, 0.717) is 5.56 Å². The summed E-state index contributed by atoms with van der Waals surface area (Å²) in [6.45, 7) is 5.80. The first-order valence-corrected chi connectivity index (χ1v) is 7.36. The van der Waals surface area contributed by atoms with Gasteiger partial charge in [0.25, 0.3) is 0 Å². The lowest BCUT2D eigenvalue weighted by atomic mass is 9.97. The summed E-state index contributed by atoms with van der Waals surface area (Å²) in [5, 5.41) is 0.774. The number of halogens is 3. The van der Waals surface area contributed by atoms with Gasteiger partial charge in [0.2, 0.25) is 0 Å². The quantitative estimate of drug-likeness (QED) is 0.598. The first-order valence-electron chi connectivity index (χ1n) is 6.07. The van der Waals surface area contributed by atoms with E-state index in [-0.39, 0.29) is 10.6 Å². The van der Waals surface area contributed by atoms with Crippen molar-refractivity contribution in [1.29, 1.82) is 0 Å². The molecule has 0 amide bonds. The maximum absolute atomic E-state index is 13.3. The molecule has 0 saturated carbocycles. The van der Waals surface area contributed by atoms with Crippen molar-refractivity contribution >= 4 is 27.5 Å². The van der Waals surface area contributed by atoms with Crippen molar-refractivity contribution in [1.82, 2.24) is 0 Å². The van der Waals surface area contributed by atoms with Crippen LogP contribution < -0.4 is 0 Å². The lowest BCUT2D eigenvalue weighted by molar-refractivity contribution is 0.617. The normalized spacial score (nSPS) is 12.5. The van der Waals surface area contributed by atoms with E-state index in [1.54, 1.807) is 6.92 Å². The van der Waals surface area contributed by atoms with Gasteiger partial charge >= 0.3 is 0 Å². The van der Waals surface area contributed by atoms with Crippen molar-refractivity contribution < 1.29 is 4.39 Å². The van der Waals surface area contributed by atoms with E-state index in [2.05, 4.69) is 22.0 Å². The molecule has 0 N–H and O–H groups in total. The lowest BCUT2D eigenvalue weighted by Gasteiger charge is -2.16. The van der Waals surface area contributed by atoms with Crippen molar-refractivity contribution in [3.63, 3.8) is 0 Å². The number of rotatable bonds is 2. The van der Waals surface area contributed by atoms with Crippen LogP contribution in [0.4, 0.5) is 4.39 Å². The minimum atomic E-state index is -0.174. The van der Waals surface area contributed by atoms with Gasteiger partial charge in [-0.15, -0.1) is 0 Å². The Bertz CT molecular complexity index is 622. The first kappa shape index (κ1) is 14.5. The average Bonchev–Trinajstić information content (AvgIpc) is 2.36. The second kappa shape index (κ2) is 5.64. The minimum Gasteiger partial charge on any atom is -0.207 e. The van der Waals surface area contributed by atoms with E-state index in [0.717, 1.165) is 27.3 Å². The van der Waals surface area contributed by atoms with Gasteiger partial charge in [-0.05, 0) is 60.7 Å². The molecular weight excluding hydrogens is 327 g/mol. The molecule has 0 bridgehead atoms. The summed E-state index contributed by atoms with van der Waals surface area (Å²) in [5.74, 6) is -0.174. The molecule has 100 valence electrons. The highest BCUT2D eigenvalue weighted by molar-refractivity contribution is 9.09. The van der Waals surface area contributed by atoms with Crippen molar-refractivity contribution in [2.24, 2.45) is 0 Å². The summed E-state index contributed by atoms with van der Waals surface area (Å²) < 4.78 is 13.3. The third-order valence-corrected chi connectivity index (χ3v) is 4.72. The molecule has 0 aromatic heterocycles. The van der Waals surface area contributed by atoms with Crippen LogP contribution >= 0.6 is 27.5 Å². The number of alkyl halides is 1. The zero-order valence-corrected chi connectivity index (χ0v) is 13.4. The largest absolute Gasteiger partial charge is 0.207 e. The molecule has 0 aliphatic rings. The van der Waals surface area contributed by atoms with Crippen LogP contribution in [0.5, 0.6) is 0 Å². The topological polar surface area (TPSA) is 0 Å². The second-order valence-electron chi connectivity index (χ2n) is 4.83. The molecule has 2 rings (SSSR count). The van der Waals surface area contributed by atoms with Crippen LogP contribution in [-0.4, -0.2) is 0 Å². The van der Waals surface area contributed by atoms with Crippen molar-refractivity contribution in [2.45, 2.75) is 25.6 Å². The predicted molar refractivity (Wildman–Crippen MR) is 82.8 cm³/mol. The van der Waals surface area contributed by atoms with Gasteiger partial charge in [-0.3, -0.25) is 0 Å². The zero-order chi connectivity index (χ0) is 14.2. The Hall–Kier alpha value is -0.860. The van der Waals surface area contributed by atoms with Gasteiger partial charge < -0.3 is 0 Å². The Morgan fingerprint density at radius 1 is 1.00 bits per heavy atom. The predicted octanol–water partition coefficient (Wildman–Crippen LogP) is 5.89. The Labute approximate surface area is 126 Å². The van der Waals surface area contributed by atoms with E-state index in [1.165, 1.54) is 6.07 Å². The van der Waals surface area contributed by atoms with Gasteiger partial charge in [0.15, 0.2) is 0 Å². The summed E-state index contributed by atoms with van der Waals surface area (Å²) in [7, 11) is 0. The van der Waals surface area contributed by atoms with Crippen LogP contribution in [-0.2, 0) is 0 Å². The van der Waals surface area contributed by atoms with E-state index < -0.39 is 0 Å². The maximum atomic E-state index is 13.3. The van der Waals surface area contributed by atoms with Gasteiger partial charge in [0.05, 0.1) is 4.83 Å². The van der Waals surface area contributed by atoms with E-state index >= 15 is 0 Å². The fourth-order valence-corrected chi connectivity index (χ4v) is 3.08. The Kier molecular flexibility index (Phi) is 4.32. The molecule has 1 atom stereocenters. The Balaban J connectivity index is 2.46. The third kappa shape index (κ3) is 3.01. The molecule has 0 nitrogen and oxygen atoms in total. The smallest absolute Gasteiger partial charge is 0.126 e. The molecule has 2 aromatic carbocycles. The van der Waals surface area contributed by atoms with Crippen LogP contribution in [0.1, 0.15) is 32.6 Å². The molecular formula is C16H15BrClF. The molecule has 0 heterocycles. The summed E-state index contributed by atoms with van der Waals surface area (Å²) in [4.78, 5) is 0.0442. The minimum absolute atomic E-state index is 0.0442. The molecule has 1 unspecified atom stereocenters. The van der Waals surface area contributed by atoms with Crippen molar-refractivity contribution in [2.75, 3.05) is 0 Å². The van der Waals surface area contributed by atoms with Crippen LogP contribution in [0.3, 0.4) is 0 Å². The van der Waals surface area contributed by atoms with Crippen molar-refractivity contribution in [3.8, 4) is 0 Å². The molecule has 0 fully saturated rings. The fraction of sp³-hybridized carbons (Fsp3) is 0.250. The summed E-state index contributed by atoms with van der Waals surface area (Å²) >= 11 is 9.81. The highest BCUT2D eigenvalue weighted by Crippen LogP contribution is 2.35. The third-order valence-electron chi connectivity index (χ3n) is 3.30. The average molecular weight is 342 g/mol. The van der Waals surface area contributed by atoms with Crippen LogP contribution in [0.25, 0.3) is 0 Å². The van der Waals surface area contributed by atoms with Gasteiger partial charge in [-0.25, -0.2) is 4.39 Å². The molecule has 0 radical (unpaired) electrons. The van der Waals surface area contributed by atoms with E-state index in [1.807, 2.05) is 32.0 Å². The maximum Gasteiger partial charge on any atom is 0.126 e. The zero-order valence-electron chi connectivity index (χ0n) is 11.1. The lowest BCUT2D eigenvalue weighted by Crippen LogP contribution is -1.98. The molecule has 0 aliphatic heterocycles. The monoisotopic (exact) mass is 340 g/mol. The standard InChI is InChI=1S/C16H15BrClF/c1-9-8-14(18)10(2)7-13(9)16(17)12-4-5-15(19)11(3)6-12/h4-8,16H,1-3H3. The molecule has 19 heavy (non-hydrogen) atoms. The molecule has 2 aromatic rings. The molecule has 0 spiro atoms. The summed E-state index contributed by atoms with van der Waals surface area (Å²) in [6.07, 6.45) is 0. The SMILES string of the molecule is Cc1cc(C(Br)c2cc(C)c(Cl)cc2C)ccc1F. The van der Waals surface area contributed by atoms with Gasteiger partial charge in [-0.2, -0.15) is 0 Å². The van der Waals surface area contributed by atoms with Gasteiger partial charge in [-0.1, -0.05) is 45.7 Å². The Morgan fingerprint density at radius 2 is 1.68 bits per heavy atom. The van der Waals surface area contributed by atoms with E-state index in [9.17, 15) is 4.39 Å². The molecule has 0 saturated heterocycles. The Morgan fingerprint density at radius 3 is 2.32 bits per heavy atom. The highest BCUT2D eigenvalue weighted by Gasteiger charge is 2.15. The molecule has 3 heteroatoms.